The molecular weight excluding hydrogens is 436 g/mol. The van der Waals surface area contributed by atoms with Gasteiger partial charge in [0.2, 0.25) is 0 Å². The Kier molecular flexibility index (Phi) is 11.8. The predicted molar refractivity (Wildman–Crippen MR) is 134 cm³/mol. The van der Waals surface area contributed by atoms with Crippen LogP contribution in [-0.4, -0.2) is 28.0 Å². The molecule has 6 nitrogen and oxygen atoms in total. The lowest BCUT2D eigenvalue weighted by Gasteiger charge is -2.10. The van der Waals surface area contributed by atoms with Crippen molar-refractivity contribution in [2.24, 2.45) is 0 Å². The number of carbonyl (C=O) groups is 1. The molecule has 0 aliphatic rings. The van der Waals surface area contributed by atoms with Crippen molar-refractivity contribution >= 4 is 21.6 Å². The highest BCUT2D eigenvalue weighted by Crippen LogP contribution is 2.20. The van der Waals surface area contributed by atoms with E-state index < -0.39 is 10.0 Å². The van der Waals surface area contributed by atoms with Crippen molar-refractivity contribution in [2.45, 2.75) is 76.0 Å². The molecule has 2 aromatic rings. The van der Waals surface area contributed by atoms with Crippen LogP contribution in [0.2, 0.25) is 0 Å². The lowest BCUT2D eigenvalue weighted by atomic mass is 10.1. The van der Waals surface area contributed by atoms with Gasteiger partial charge < -0.3 is 10.1 Å². The van der Waals surface area contributed by atoms with Crippen LogP contribution in [0.1, 0.15) is 81.5 Å². The van der Waals surface area contributed by atoms with Crippen molar-refractivity contribution in [3.63, 3.8) is 0 Å². The second-order valence-corrected chi connectivity index (χ2v) is 9.95. The molecular formula is C26H38N2O4S. The average Bonchev–Trinajstić information content (AvgIpc) is 2.82. The fourth-order valence-corrected chi connectivity index (χ4v) is 4.63. The van der Waals surface area contributed by atoms with Gasteiger partial charge in [0.05, 0.1) is 11.5 Å². The molecule has 0 fully saturated rings. The summed E-state index contributed by atoms with van der Waals surface area (Å²) in [5.74, 6) is 0.381. The molecule has 1 amide bonds. The molecule has 2 rings (SSSR count). The van der Waals surface area contributed by atoms with Crippen LogP contribution in [0.5, 0.6) is 5.75 Å². The van der Waals surface area contributed by atoms with Crippen LogP contribution in [-0.2, 0) is 10.0 Å². The molecule has 0 spiro atoms. The second kappa shape index (κ2) is 14.6. The Bertz CT molecular complexity index is 943. The maximum absolute atomic E-state index is 12.7. The number of hydrogen-bond donors (Lipinski definition) is 2. The van der Waals surface area contributed by atoms with Crippen LogP contribution in [0.25, 0.3) is 0 Å². The van der Waals surface area contributed by atoms with E-state index in [0.29, 0.717) is 23.6 Å². The second-order valence-electron chi connectivity index (χ2n) is 8.27. The molecule has 0 saturated carbocycles. The van der Waals surface area contributed by atoms with Crippen LogP contribution in [0, 0.1) is 0 Å². The van der Waals surface area contributed by atoms with E-state index in [9.17, 15) is 13.2 Å². The van der Waals surface area contributed by atoms with E-state index in [1.807, 2.05) is 0 Å². The monoisotopic (exact) mass is 474 g/mol. The molecule has 0 aromatic heterocycles. The Labute approximate surface area is 199 Å². The fourth-order valence-electron chi connectivity index (χ4n) is 3.58. The summed E-state index contributed by atoms with van der Waals surface area (Å²) in [4.78, 5) is 11.9. The van der Waals surface area contributed by atoms with Gasteiger partial charge in [-0.15, -0.1) is 0 Å². The molecule has 7 heteroatoms. The summed E-state index contributed by atoms with van der Waals surface area (Å²) in [6.07, 6.45) is 12.7. The Morgan fingerprint density at radius 1 is 0.848 bits per heavy atom. The Balaban J connectivity index is 1.72. The summed E-state index contributed by atoms with van der Waals surface area (Å²) in [6.45, 7) is 2.88. The topological polar surface area (TPSA) is 84.5 Å². The highest BCUT2D eigenvalue weighted by Gasteiger charge is 2.15. The molecule has 0 unspecified atom stereocenters. The Hall–Kier alpha value is -2.54. The average molecular weight is 475 g/mol. The maximum atomic E-state index is 12.7. The van der Waals surface area contributed by atoms with Crippen molar-refractivity contribution in [1.82, 2.24) is 5.32 Å². The smallest absolute Gasteiger partial charge is 0.261 e. The highest BCUT2D eigenvalue weighted by atomic mass is 32.2. The number of sulfonamides is 1. The number of ether oxygens (including phenoxy) is 1. The van der Waals surface area contributed by atoms with E-state index in [2.05, 4.69) is 17.0 Å². The van der Waals surface area contributed by atoms with Gasteiger partial charge in [-0.1, -0.05) is 70.8 Å². The van der Waals surface area contributed by atoms with Crippen molar-refractivity contribution in [1.29, 1.82) is 0 Å². The molecule has 2 N–H and O–H groups in total. The molecule has 2 aromatic carbocycles. The summed E-state index contributed by atoms with van der Waals surface area (Å²) >= 11 is 0. The summed E-state index contributed by atoms with van der Waals surface area (Å²) < 4.78 is 33.6. The van der Waals surface area contributed by atoms with Gasteiger partial charge in [-0.25, -0.2) is 8.42 Å². The number of carbonyl (C=O) groups excluding carboxylic acids is 1. The van der Waals surface area contributed by atoms with Gasteiger partial charge in [0.25, 0.3) is 15.9 Å². The van der Waals surface area contributed by atoms with Crippen LogP contribution in [0.4, 0.5) is 5.69 Å². The van der Waals surface area contributed by atoms with Gasteiger partial charge in [0.15, 0.2) is 0 Å². The first-order valence-corrected chi connectivity index (χ1v) is 13.5. The SMILES string of the molecule is CCCCCCCCCCCCOc1ccc(S(=O)(=O)Nc2cccc(C(=O)NC)c2)cc1. The molecule has 33 heavy (non-hydrogen) atoms. The van der Waals surface area contributed by atoms with Gasteiger partial charge in [-0.2, -0.15) is 0 Å². The zero-order valence-corrected chi connectivity index (χ0v) is 20.8. The zero-order valence-electron chi connectivity index (χ0n) is 19.9. The number of anilines is 1. The predicted octanol–water partition coefficient (Wildman–Crippen LogP) is 6.15. The van der Waals surface area contributed by atoms with E-state index in [-0.39, 0.29) is 10.8 Å². The molecule has 0 radical (unpaired) electrons. The van der Waals surface area contributed by atoms with Gasteiger partial charge in [-0.3, -0.25) is 9.52 Å². The molecule has 182 valence electrons. The van der Waals surface area contributed by atoms with Crippen molar-refractivity contribution in [3.8, 4) is 5.75 Å². The van der Waals surface area contributed by atoms with E-state index in [0.717, 1.165) is 12.8 Å². The maximum Gasteiger partial charge on any atom is 0.261 e. The number of benzene rings is 2. The lowest BCUT2D eigenvalue weighted by molar-refractivity contribution is 0.0963. The Morgan fingerprint density at radius 2 is 1.45 bits per heavy atom. The van der Waals surface area contributed by atoms with Crippen molar-refractivity contribution in [3.05, 3.63) is 54.1 Å². The minimum Gasteiger partial charge on any atom is -0.494 e. The van der Waals surface area contributed by atoms with E-state index >= 15 is 0 Å². The molecule has 0 bridgehead atoms. The standard InChI is InChI=1S/C26H38N2O4S/c1-3-4-5-6-7-8-9-10-11-12-20-32-24-16-18-25(19-17-24)33(30,31)28-23-15-13-14-22(21-23)26(29)27-2/h13-19,21,28H,3-12,20H2,1-2H3,(H,27,29). The largest absolute Gasteiger partial charge is 0.494 e. The van der Waals surface area contributed by atoms with Gasteiger partial charge in [0, 0.05) is 18.3 Å². The number of unbranched alkanes of at least 4 members (excludes halogenated alkanes) is 9. The summed E-state index contributed by atoms with van der Waals surface area (Å²) in [7, 11) is -2.24. The number of amides is 1. The quantitative estimate of drug-likeness (QED) is 0.286. The van der Waals surface area contributed by atoms with Crippen LogP contribution in [0.15, 0.2) is 53.4 Å². The van der Waals surface area contributed by atoms with E-state index in [4.69, 9.17) is 4.74 Å². The minimum absolute atomic E-state index is 0.138. The minimum atomic E-state index is -3.76. The van der Waals surface area contributed by atoms with E-state index in [1.54, 1.807) is 30.3 Å². The van der Waals surface area contributed by atoms with Crippen LogP contribution < -0.4 is 14.8 Å². The normalized spacial score (nSPS) is 11.2. The summed E-state index contributed by atoms with van der Waals surface area (Å²) in [6, 6.07) is 12.8. The summed E-state index contributed by atoms with van der Waals surface area (Å²) in [5.41, 5.74) is 0.714. The highest BCUT2D eigenvalue weighted by molar-refractivity contribution is 7.92. The number of nitrogens with one attached hydrogen (secondary N) is 2. The van der Waals surface area contributed by atoms with Crippen molar-refractivity contribution in [2.75, 3.05) is 18.4 Å². The number of rotatable bonds is 16. The molecule has 0 saturated heterocycles. The third kappa shape index (κ3) is 9.86. The van der Waals surface area contributed by atoms with Gasteiger partial charge in [0.1, 0.15) is 5.75 Å². The fraction of sp³-hybridized carbons (Fsp3) is 0.500. The zero-order chi connectivity index (χ0) is 23.9. The number of hydrogen-bond acceptors (Lipinski definition) is 4. The van der Waals surface area contributed by atoms with Crippen LogP contribution in [0.3, 0.4) is 0 Å². The van der Waals surface area contributed by atoms with Crippen LogP contribution >= 0.6 is 0 Å². The van der Waals surface area contributed by atoms with Gasteiger partial charge in [-0.05, 0) is 48.9 Å². The summed E-state index contributed by atoms with van der Waals surface area (Å²) in [5, 5.41) is 2.52. The Morgan fingerprint density at radius 3 is 2.06 bits per heavy atom. The van der Waals surface area contributed by atoms with Crippen molar-refractivity contribution < 1.29 is 17.9 Å². The first kappa shape index (κ1) is 26.7. The molecule has 0 aliphatic heterocycles. The van der Waals surface area contributed by atoms with Gasteiger partial charge >= 0.3 is 0 Å². The first-order chi connectivity index (χ1) is 16.0. The lowest BCUT2D eigenvalue weighted by Crippen LogP contribution is -2.18. The molecule has 0 heterocycles. The van der Waals surface area contributed by atoms with E-state index in [1.165, 1.54) is 76.6 Å². The third-order valence-electron chi connectivity index (χ3n) is 5.50. The first-order valence-electron chi connectivity index (χ1n) is 12.0. The molecule has 0 atom stereocenters. The molecule has 0 aliphatic carbocycles. The third-order valence-corrected chi connectivity index (χ3v) is 6.90.